The van der Waals surface area contributed by atoms with E-state index in [1.54, 1.807) is 7.11 Å². The van der Waals surface area contributed by atoms with Crippen LogP contribution in [0.25, 0.3) is 10.9 Å². The minimum atomic E-state index is -1.20. The molecule has 9 heteroatoms. The van der Waals surface area contributed by atoms with Crippen LogP contribution in [0.4, 0.5) is 5.69 Å². The van der Waals surface area contributed by atoms with Crippen LogP contribution < -0.4 is 9.64 Å². The van der Waals surface area contributed by atoms with Crippen LogP contribution in [-0.2, 0) is 36.3 Å². The predicted octanol–water partition coefficient (Wildman–Crippen LogP) is 6.06. The number of aromatic nitrogens is 1. The maximum Gasteiger partial charge on any atom is 0.335 e. The van der Waals surface area contributed by atoms with Crippen molar-refractivity contribution in [3.63, 3.8) is 0 Å². The van der Waals surface area contributed by atoms with Crippen LogP contribution in [0.1, 0.15) is 61.9 Å². The second-order valence-corrected chi connectivity index (χ2v) is 16.3. The first kappa shape index (κ1) is 34.4. The molecular weight excluding hydrogens is 665 g/mol. The minimum Gasteiger partial charge on any atom is -0.496 e. The molecule has 5 aliphatic heterocycles. The number of aromatic amines is 1. The normalized spacial score (nSPS) is 32.7. The van der Waals surface area contributed by atoms with E-state index < -0.39 is 10.8 Å². The van der Waals surface area contributed by atoms with Gasteiger partial charge in [-0.05, 0) is 67.8 Å². The van der Waals surface area contributed by atoms with E-state index in [0.717, 1.165) is 91.8 Å². The van der Waals surface area contributed by atoms with Crippen molar-refractivity contribution >= 4 is 28.5 Å². The number of para-hydroxylation sites is 1. The summed E-state index contributed by atoms with van der Waals surface area (Å²) in [5, 5.41) is 1.14. The van der Waals surface area contributed by atoms with E-state index in [4.69, 9.17) is 14.2 Å². The molecule has 2 bridgehead atoms. The Hall–Kier alpha value is -4.34. The van der Waals surface area contributed by atoms with Gasteiger partial charge in [-0.1, -0.05) is 61.9 Å². The molecule has 278 valence electrons. The van der Waals surface area contributed by atoms with E-state index >= 15 is 4.79 Å². The van der Waals surface area contributed by atoms with Crippen LogP contribution in [0.5, 0.6) is 5.75 Å². The lowest BCUT2D eigenvalue weighted by atomic mass is 9.54. The highest BCUT2D eigenvalue weighted by atomic mass is 16.5. The smallest absolute Gasteiger partial charge is 0.335 e. The molecule has 1 aliphatic carbocycles. The fraction of sp³-hybridized carbons (Fsp3) is 0.500. The number of carbonyl (C=O) groups excluding carboxylic acids is 2. The summed E-state index contributed by atoms with van der Waals surface area (Å²) in [6, 6.07) is 12.8. The molecule has 3 aromatic rings. The molecule has 1 aromatic heterocycles. The van der Waals surface area contributed by atoms with E-state index in [2.05, 4.69) is 101 Å². The Morgan fingerprint density at radius 1 is 1.04 bits per heavy atom. The highest BCUT2D eigenvalue weighted by Crippen LogP contribution is 2.65. The van der Waals surface area contributed by atoms with Crippen LogP contribution in [-0.4, -0.2) is 99.9 Å². The fourth-order valence-electron chi connectivity index (χ4n) is 12.0. The molecule has 0 radical (unpaired) electrons. The van der Waals surface area contributed by atoms with Crippen LogP contribution in [0.15, 0.2) is 71.8 Å². The molecule has 1 N–H and O–H groups in total. The number of ether oxygens (including phenoxy) is 3. The standard InChI is InChI=1S/C44H52N4O5/c1-7-27-20-28-23-44(41(50)53-6,37-30(14-18-47(25-27)26-28)29-12-9-10-13-34(29)45-37)33-21-32-35(22-36(33)51-4)46(3)38-31(39(49)52-5)24-42(8-2)15-11-17-48-19-16-43(32,38)40(42)48/h9-13,15,20-22,24,28,38,40,45H,7-8,14,16-19,23,25-26H2,1-6H3. The second kappa shape index (κ2) is 12.4. The zero-order chi connectivity index (χ0) is 36.9. The molecule has 7 unspecified atom stereocenters. The number of likely N-dealkylation sites (N-methyl/N-ethyl adjacent to an activating group) is 1. The SMILES string of the molecule is CCC1=CC2CN(CCc3c([nH]c4ccccc34)C(C(=O)OC)(c3cc4c(cc3OC)N(C)C3C(C(=O)OC)=CC5(CC)C=CCN6CCC43C65)C2)C1. The monoisotopic (exact) mass is 716 g/mol. The van der Waals surface area contributed by atoms with Gasteiger partial charge in [0.15, 0.2) is 0 Å². The lowest BCUT2D eigenvalue weighted by molar-refractivity contribution is -0.146. The van der Waals surface area contributed by atoms with Crippen molar-refractivity contribution in [1.29, 1.82) is 0 Å². The molecule has 9 rings (SSSR count). The number of anilines is 1. The number of carbonyl (C=O) groups is 2. The van der Waals surface area contributed by atoms with Gasteiger partial charge in [-0.3, -0.25) is 14.6 Å². The zero-order valence-corrected chi connectivity index (χ0v) is 32.0. The van der Waals surface area contributed by atoms with Gasteiger partial charge in [0.05, 0.1) is 32.9 Å². The molecule has 1 spiro atoms. The quantitative estimate of drug-likeness (QED) is 0.244. The number of nitrogens with one attached hydrogen (secondary N) is 1. The Morgan fingerprint density at radius 2 is 1.87 bits per heavy atom. The lowest BCUT2D eigenvalue weighted by Crippen LogP contribution is -2.63. The zero-order valence-electron chi connectivity index (χ0n) is 32.0. The topological polar surface area (TPSA) is 87.3 Å². The van der Waals surface area contributed by atoms with E-state index in [1.165, 1.54) is 25.4 Å². The number of benzene rings is 2. The average molecular weight is 717 g/mol. The number of fused-ring (bicyclic) bond motifs is 6. The first-order chi connectivity index (χ1) is 25.7. The molecule has 1 fully saturated rings. The Bertz CT molecular complexity index is 2110. The number of esters is 2. The summed E-state index contributed by atoms with van der Waals surface area (Å²) >= 11 is 0. The van der Waals surface area contributed by atoms with E-state index in [0.29, 0.717) is 17.7 Å². The van der Waals surface area contributed by atoms with Gasteiger partial charge in [0.25, 0.3) is 0 Å². The Morgan fingerprint density at radius 3 is 2.62 bits per heavy atom. The maximum absolute atomic E-state index is 15.2. The number of hydrogen-bond acceptors (Lipinski definition) is 8. The molecule has 6 aliphatic rings. The Labute approximate surface area is 312 Å². The van der Waals surface area contributed by atoms with Crippen LogP contribution >= 0.6 is 0 Å². The number of hydrogen-bond donors (Lipinski definition) is 1. The summed E-state index contributed by atoms with van der Waals surface area (Å²) in [7, 11) is 6.82. The van der Waals surface area contributed by atoms with Crippen molar-refractivity contribution in [1.82, 2.24) is 14.8 Å². The molecule has 53 heavy (non-hydrogen) atoms. The van der Waals surface area contributed by atoms with Gasteiger partial charge in [-0.15, -0.1) is 0 Å². The van der Waals surface area contributed by atoms with Crippen LogP contribution in [0.2, 0.25) is 0 Å². The van der Waals surface area contributed by atoms with Crippen molar-refractivity contribution in [2.75, 3.05) is 66.0 Å². The number of nitrogens with zero attached hydrogens (tertiary/aromatic N) is 3. The van der Waals surface area contributed by atoms with Gasteiger partial charge in [0.1, 0.15) is 11.2 Å². The lowest BCUT2D eigenvalue weighted by Gasteiger charge is -2.54. The summed E-state index contributed by atoms with van der Waals surface area (Å²) in [4.78, 5) is 40.3. The van der Waals surface area contributed by atoms with Crippen molar-refractivity contribution in [3.05, 3.63) is 94.2 Å². The molecular formula is C44H52N4O5. The van der Waals surface area contributed by atoms with Gasteiger partial charge >= 0.3 is 11.9 Å². The molecule has 0 amide bonds. The Kier molecular flexibility index (Phi) is 8.02. The maximum atomic E-state index is 15.2. The highest BCUT2D eigenvalue weighted by Gasteiger charge is 2.68. The first-order valence-corrected chi connectivity index (χ1v) is 19.5. The largest absolute Gasteiger partial charge is 0.496 e. The molecule has 2 aromatic carbocycles. The number of H-pyrrole nitrogens is 1. The second-order valence-electron chi connectivity index (χ2n) is 16.3. The van der Waals surface area contributed by atoms with Crippen LogP contribution in [0, 0.1) is 11.3 Å². The average Bonchev–Trinajstić information content (AvgIpc) is 3.85. The highest BCUT2D eigenvalue weighted by molar-refractivity contribution is 5.96. The summed E-state index contributed by atoms with van der Waals surface area (Å²) in [5.74, 6) is 0.194. The summed E-state index contributed by atoms with van der Waals surface area (Å²) in [6.07, 6.45) is 13.3. The Balaban J connectivity index is 1.36. The van der Waals surface area contributed by atoms with E-state index in [-0.39, 0.29) is 35.4 Å². The number of rotatable bonds is 6. The van der Waals surface area contributed by atoms with Gasteiger partial charge in [0.2, 0.25) is 0 Å². The van der Waals surface area contributed by atoms with Crippen molar-refractivity contribution < 1.29 is 23.8 Å². The molecule has 0 saturated carbocycles. The van der Waals surface area contributed by atoms with Gasteiger partial charge in [0, 0.05) is 84.0 Å². The third-order valence-corrected chi connectivity index (χ3v) is 14.1. The molecule has 7 atom stereocenters. The number of methoxy groups -OCH3 is 3. The van der Waals surface area contributed by atoms with E-state index in [1.807, 2.05) is 0 Å². The van der Waals surface area contributed by atoms with Crippen molar-refractivity contribution in [3.8, 4) is 5.75 Å². The summed E-state index contributed by atoms with van der Waals surface area (Å²) < 4.78 is 17.9. The van der Waals surface area contributed by atoms with Gasteiger partial charge in [-0.2, -0.15) is 0 Å². The first-order valence-electron chi connectivity index (χ1n) is 19.5. The molecule has 1 saturated heterocycles. The predicted molar refractivity (Wildman–Crippen MR) is 207 cm³/mol. The van der Waals surface area contributed by atoms with Crippen molar-refractivity contribution in [2.24, 2.45) is 11.3 Å². The fourth-order valence-corrected chi connectivity index (χ4v) is 12.0. The summed E-state index contributed by atoms with van der Waals surface area (Å²) in [5.41, 5.74) is 6.26. The van der Waals surface area contributed by atoms with Gasteiger partial charge < -0.3 is 24.1 Å². The molecule has 9 nitrogen and oxygen atoms in total. The molecule has 6 heterocycles. The van der Waals surface area contributed by atoms with Gasteiger partial charge in [-0.25, -0.2) is 4.79 Å². The minimum absolute atomic E-state index is 0.114. The van der Waals surface area contributed by atoms with Crippen LogP contribution in [0.3, 0.4) is 0 Å². The third-order valence-electron chi connectivity index (χ3n) is 14.1. The van der Waals surface area contributed by atoms with Crippen molar-refractivity contribution in [2.45, 2.75) is 68.9 Å². The summed E-state index contributed by atoms with van der Waals surface area (Å²) in [6.45, 7) is 8.99. The van der Waals surface area contributed by atoms with E-state index in [9.17, 15) is 4.79 Å². The third kappa shape index (κ3) is 4.56.